The Hall–Kier alpha value is -1.10. The van der Waals surface area contributed by atoms with Gasteiger partial charge >= 0.3 is 0 Å². The average molecular weight is 311 g/mol. The summed E-state index contributed by atoms with van der Waals surface area (Å²) >= 11 is 0. The molecule has 2 atom stereocenters. The zero-order valence-electron chi connectivity index (χ0n) is 14.8. The number of rotatable bonds is 4. The van der Waals surface area contributed by atoms with Crippen LogP contribution in [0.3, 0.4) is 0 Å². The third-order valence-corrected chi connectivity index (χ3v) is 4.33. The molecule has 2 amide bonds. The lowest BCUT2D eigenvalue weighted by molar-refractivity contribution is -0.123. The summed E-state index contributed by atoms with van der Waals surface area (Å²) in [5, 5.41) is 5.92. The predicted octanol–water partition coefficient (Wildman–Crippen LogP) is 1.95. The van der Waals surface area contributed by atoms with Crippen LogP contribution in [0, 0.1) is 11.8 Å². The van der Waals surface area contributed by atoms with E-state index >= 15 is 0 Å². The largest absolute Gasteiger partial charge is 0.351 e. The highest BCUT2D eigenvalue weighted by molar-refractivity contribution is 5.82. The van der Waals surface area contributed by atoms with Gasteiger partial charge in [-0.1, -0.05) is 13.3 Å². The lowest BCUT2D eigenvalue weighted by atomic mass is 9.94. The molecule has 22 heavy (non-hydrogen) atoms. The van der Waals surface area contributed by atoms with Crippen molar-refractivity contribution < 1.29 is 9.59 Å². The topological polar surface area (TPSA) is 84.2 Å². The first-order chi connectivity index (χ1) is 10.1. The van der Waals surface area contributed by atoms with E-state index in [2.05, 4.69) is 31.4 Å². The molecular weight excluding hydrogens is 278 g/mol. The van der Waals surface area contributed by atoms with Crippen molar-refractivity contribution in [3.05, 3.63) is 0 Å². The number of carbonyl (C=O) groups is 2. The number of nitrogens with one attached hydrogen (secondary N) is 2. The monoisotopic (exact) mass is 311 g/mol. The first-order valence-corrected chi connectivity index (χ1v) is 8.44. The van der Waals surface area contributed by atoms with Crippen molar-refractivity contribution in [2.45, 2.75) is 77.8 Å². The van der Waals surface area contributed by atoms with Crippen molar-refractivity contribution in [2.75, 3.05) is 6.54 Å². The summed E-state index contributed by atoms with van der Waals surface area (Å²) in [5.41, 5.74) is 5.40. The maximum Gasteiger partial charge on any atom is 0.223 e. The van der Waals surface area contributed by atoms with Gasteiger partial charge in [-0.3, -0.25) is 9.59 Å². The van der Waals surface area contributed by atoms with Crippen LogP contribution in [0.5, 0.6) is 0 Å². The van der Waals surface area contributed by atoms with E-state index in [0.29, 0.717) is 6.54 Å². The average Bonchev–Trinajstić information content (AvgIpc) is 2.76. The third-order valence-electron chi connectivity index (χ3n) is 4.33. The van der Waals surface area contributed by atoms with Crippen molar-refractivity contribution in [1.82, 2.24) is 10.6 Å². The van der Waals surface area contributed by atoms with Crippen molar-refractivity contribution in [2.24, 2.45) is 17.6 Å². The van der Waals surface area contributed by atoms with E-state index in [1.807, 2.05) is 13.8 Å². The van der Waals surface area contributed by atoms with Gasteiger partial charge in [-0.15, -0.1) is 0 Å². The molecule has 0 saturated carbocycles. The Kier molecular flexibility index (Phi) is 6.41. The molecule has 0 aromatic heterocycles. The Bertz CT molecular complexity index is 367. The molecule has 2 saturated heterocycles. The Morgan fingerprint density at radius 2 is 1.36 bits per heavy atom. The number of carbonyl (C=O) groups excluding carboxylic acids is 2. The molecule has 2 heterocycles. The Morgan fingerprint density at radius 3 is 1.64 bits per heavy atom. The Morgan fingerprint density at radius 1 is 0.955 bits per heavy atom. The molecule has 0 spiro atoms. The van der Waals surface area contributed by atoms with E-state index in [-0.39, 0.29) is 34.7 Å². The minimum absolute atomic E-state index is 0.0169. The van der Waals surface area contributed by atoms with Gasteiger partial charge in [-0.25, -0.2) is 0 Å². The molecule has 0 aliphatic carbocycles. The normalized spacial score (nSPS) is 28.6. The van der Waals surface area contributed by atoms with Gasteiger partial charge in [0.05, 0.1) is 0 Å². The number of amides is 2. The maximum atomic E-state index is 11.3. The second-order valence-corrected chi connectivity index (χ2v) is 7.91. The predicted molar refractivity (Wildman–Crippen MR) is 89.2 cm³/mol. The smallest absolute Gasteiger partial charge is 0.223 e. The second-order valence-electron chi connectivity index (χ2n) is 7.91. The number of nitrogens with two attached hydrogens (primary N) is 1. The van der Waals surface area contributed by atoms with E-state index in [0.717, 1.165) is 32.1 Å². The molecule has 2 aliphatic heterocycles. The molecule has 4 N–H and O–H groups in total. The summed E-state index contributed by atoms with van der Waals surface area (Å²) in [6.07, 6.45) is 4.88. The van der Waals surface area contributed by atoms with Crippen LogP contribution in [-0.2, 0) is 9.59 Å². The zero-order valence-corrected chi connectivity index (χ0v) is 14.8. The van der Waals surface area contributed by atoms with E-state index in [4.69, 9.17) is 5.73 Å². The van der Waals surface area contributed by atoms with Crippen molar-refractivity contribution >= 4 is 11.8 Å². The molecule has 0 radical (unpaired) electrons. The van der Waals surface area contributed by atoms with Gasteiger partial charge in [-0.05, 0) is 59.9 Å². The SMILES string of the molecule is CC1(C)CC(CCN)C(=O)N1.CCCC1CC(C)(C)NC1=O. The molecule has 0 bridgehead atoms. The van der Waals surface area contributed by atoms with Gasteiger partial charge < -0.3 is 16.4 Å². The summed E-state index contributed by atoms with van der Waals surface area (Å²) in [7, 11) is 0. The van der Waals surface area contributed by atoms with E-state index in [9.17, 15) is 9.59 Å². The quantitative estimate of drug-likeness (QED) is 0.742. The van der Waals surface area contributed by atoms with Gasteiger partial charge in [0.25, 0.3) is 0 Å². The van der Waals surface area contributed by atoms with E-state index < -0.39 is 0 Å². The van der Waals surface area contributed by atoms with Gasteiger partial charge in [0, 0.05) is 22.9 Å². The zero-order chi connectivity index (χ0) is 17.0. The van der Waals surface area contributed by atoms with Crippen LogP contribution in [0.4, 0.5) is 0 Å². The van der Waals surface area contributed by atoms with Crippen LogP contribution in [0.15, 0.2) is 0 Å². The van der Waals surface area contributed by atoms with Gasteiger partial charge in [0.15, 0.2) is 0 Å². The van der Waals surface area contributed by atoms with Crippen LogP contribution in [0.1, 0.15) is 66.7 Å². The van der Waals surface area contributed by atoms with Crippen molar-refractivity contribution in [1.29, 1.82) is 0 Å². The molecule has 5 nitrogen and oxygen atoms in total. The number of hydrogen-bond acceptors (Lipinski definition) is 3. The van der Waals surface area contributed by atoms with Gasteiger partial charge in [-0.2, -0.15) is 0 Å². The lowest BCUT2D eigenvalue weighted by Gasteiger charge is -2.16. The van der Waals surface area contributed by atoms with Crippen molar-refractivity contribution in [3.8, 4) is 0 Å². The lowest BCUT2D eigenvalue weighted by Crippen LogP contribution is -2.34. The minimum atomic E-state index is -0.0169. The van der Waals surface area contributed by atoms with Crippen LogP contribution in [0.25, 0.3) is 0 Å². The molecule has 2 aliphatic rings. The molecule has 5 heteroatoms. The summed E-state index contributed by atoms with van der Waals surface area (Å²) in [6, 6.07) is 0. The van der Waals surface area contributed by atoms with Crippen LogP contribution in [0.2, 0.25) is 0 Å². The fourth-order valence-electron chi connectivity index (χ4n) is 3.41. The van der Waals surface area contributed by atoms with Crippen LogP contribution in [-0.4, -0.2) is 29.4 Å². The summed E-state index contributed by atoms with van der Waals surface area (Å²) in [4.78, 5) is 22.5. The van der Waals surface area contributed by atoms with Crippen LogP contribution >= 0.6 is 0 Å². The number of hydrogen-bond donors (Lipinski definition) is 3. The van der Waals surface area contributed by atoms with E-state index in [1.54, 1.807) is 0 Å². The molecule has 0 aromatic rings. The summed E-state index contributed by atoms with van der Waals surface area (Å²) in [6.45, 7) is 11.0. The van der Waals surface area contributed by atoms with E-state index in [1.165, 1.54) is 0 Å². The third kappa shape index (κ3) is 5.59. The first kappa shape index (κ1) is 18.9. The fourth-order valence-corrected chi connectivity index (χ4v) is 3.41. The summed E-state index contributed by atoms with van der Waals surface area (Å²) < 4.78 is 0. The first-order valence-electron chi connectivity index (χ1n) is 8.44. The molecule has 0 aromatic carbocycles. The molecule has 2 unspecified atom stereocenters. The standard InChI is InChI=1S/C9H17NO.C8H16N2O/c1-4-5-7-6-9(2,3)10-8(7)11;1-8(2)5-6(3-4-9)7(11)10-8/h7H,4-6H2,1-3H3,(H,10,11);6H,3-5,9H2,1-2H3,(H,10,11). The molecular formula is C17H33N3O2. The molecule has 128 valence electrons. The van der Waals surface area contributed by atoms with Crippen molar-refractivity contribution in [3.63, 3.8) is 0 Å². The fraction of sp³-hybridized carbons (Fsp3) is 0.882. The minimum Gasteiger partial charge on any atom is -0.351 e. The second kappa shape index (κ2) is 7.44. The Balaban J connectivity index is 0.000000220. The highest BCUT2D eigenvalue weighted by Gasteiger charge is 2.37. The summed E-state index contributed by atoms with van der Waals surface area (Å²) in [5.74, 6) is 0.835. The van der Waals surface area contributed by atoms with Gasteiger partial charge in [0.1, 0.15) is 0 Å². The van der Waals surface area contributed by atoms with Gasteiger partial charge in [0.2, 0.25) is 11.8 Å². The highest BCUT2D eigenvalue weighted by Crippen LogP contribution is 2.27. The van der Waals surface area contributed by atoms with Crippen LogP contribution < -0.4 is 16.4 Å². The molecule has 2 fully saturated rings. The Labute approximate surface area is 134 Å². The maximum absolute atomic E-state index is 11.3. The highest BCUT2D eigenvalue weighted by atomic mass is 16.2. The molecule has 2 rings (SSSR count).